The minimum absolute atomic E-state index is 0.0829. The Bertz CT molecular complexity index is 685. The first-order chi connectivity index (χ1) is 14.1. The first-order valence-electron chi connectivity index (χ1n) is 11.4. The molecule has 0 unspecified atom stereocenters. The van der Waals surface area contributed by atoms with Gasteiger partial charge >= 0.3 is 0 Å². The van der Waals surface area contributed by atoms with Gasteiger partial charge in [0.2, 0.25) is 0 Å². The van der Waals surface area contributed by atoms with Crippen LogP contribution in [0.3, 0.4) is 0 Å². The van der Waals surface area contributed by atoms with Gasteiger partial charge in [-0.25, -0.2) is 0 Å². The van der Waals surface area contributed by atoms with Crippen LogP contribution in [0.2, 0.25) is 0 Å². The Morgan fingerprint density at radius 3 is 2.41 bits per heavy atom. The molecule has 29 heavy (non-hydrogen) atoms. The topological polar surface area (TPSA) is 58.3 Å². The molecule has 1 aromatic carbocycles. The molecule has 0 spiro atoms. The first kappa shape index (κ1) is 21.8. The molecule has 2 heterocycles. The number of piperidine rings is 1. The van der Waals surface area contributed by atoms with Gasteiger partial charge in [-0.3, -0.25) is 9.59 Å². The van der Waals surface area contributed by atoms with Crippen LogP contribution in [0.15, 0.2) is 24.3 Å². The van der Waals surface area contributed by atoms with Crippen molar-refractivity contribution in [3.63, 3.8) is 0 Å². The number of quaternary nitrogens is 2. The van der Waals surface area contributed by atoms with Crippen LogP contribution in [0.4, 0.5) is 5.69 Å². The number of hydrogen-bond acceptors (Lipinski definition) is 2. The largest absolute Gasteiger partial charge is 0.335 e. The number of nitrogens with one attached hydrogen (secondary N) is 3. The smallest absolute Gasteiger partial charge is 0.279 e. The second kappa shape index (κ2) is 10.7. The van der Waals surface area contributed by atoms with Crippen molar-refractivity contribution in [3.8, 4) is 0 Å². The van der Waals surface area contributed by atoms with E-state index in [1.54, 1.807) is 0 Å². The summed E-state index contributed by atoms with van der Waals surface area (Å²) in [6, 6.07) is 8.45. The molecule has 6 nitrogen and oxygen atoms in total. The van der Waals surface area contributed by atoms with E-state index in [9.17, 15) is 9.59 Å². The van der Waals surface area contributed by atoms with Crippen molar-refractivity contribution < 1.29 is 19.4 Å². The summed E-state index contributed by atoms with van der Waals surface area (Å²) in [7, 11) is 0. The Morgan fingerprint density at radius 2 is 1.72 bits per heavy atom. The van der Waals surface area contributed by atoms with Crippen molar-refractivity contribution in [3.05, 3.63) is 29.8 Å². The average molecular weight is 403 g/mol. The minimum Gasteiger partial charge on any atom is -0.335 e. The lowest BCUT2D eigenvalue weighted by Crippen LogP contribution is -3.28. The van der Waals surface area contributed by atoms with E-state index in [-0.39, 0.29) is 5.91 Å². The molecule has 2 aliphatic rings. The van der Waals surface area contributed by atoms with Crippen LogP contribution in [0.25, 0.3) is 0 Å². The van der Waals surface area contributed by atoms with Crippen LogP contribution in [0, 0.1) is 0 Å². The Morgan fingerprint density at radius 1 is 1.03 bits per heavy atom. The quantitative estimate of drug-likeness (QED) is 0.590. The lowest BCUT2D eigenvalue weighted by atomic mass is 10.00. The number of benzene rings is 1. The molecular weight excluding hydrogens is 364 g/mol. The molecule has 3 rings (SSSR count). The molecule has 3 N–H and O–H groups in total. The van der Waals surface area contributed by atoms with Crippen LogP contribution >= 0.6 is 0 Å². The monoisotopic (exact) mass is 402 g/mol. The number of anilines is 1. The predicted octanol–water partition coefficient (Wildman–Crippen LogP) is -0.238. The van der Waals surface area contributed by atoms with Gasteiger partial charge in [-0.2, -0.15) is 0 Å². The zero-order valence-electron chi connectivity index (χ0n) is 18.1. The van der Waals surface area contributed by atoms with Crippen LogP contribution in [0.5, 0.6) is 0 Å². The summed E-state index contributed by atoms with van der Waals surface area (Å²) < 4.78 is 0. The van der Waals surface area contributed by atoms with Gasteiger partial charge in [0, 0.05) is 18.3 Å². The van der Waals surface area contributed by atoms with Gasteiger partial charge in [-0.1, -0.05) is 32.0 Å². The highest BCUT2D eigenvalue weighted by Crippen LogP contribution is 2.19. The number of rotatable bonds is 7. The number of aryl methyl sites for hydroxylation is 1. The van der Waals surface area contributed by atoms with E-state index in [4.69, 9.17) is 0 Å². The van der Waals surface area contributed by atoms with E-state index in [0.29, 0.717) is 25.0 Å². The molecule has 2 amide bonds. The fraction of sp³-hybridized carbons (Fsp3) is 0.652. The molecule has 0 aliphatic carbocycles. The molecule has 1 aromatic rings. The van der Waals surface area contributed by atoms with Gasteiger partial charge in [0.15, 0.2) is 13.1 Å². The number of piperazine rings is 1. The number of para-hydroxylation sites is 1. The molecular formula is C23H38N4O2+2. The third-order valence-electron chi connectivity index (χ3n) is 6.57. The highest BCUT2D eigenvalue weighted by atomic mass is 16.2. The molecule has 2 fully saturated rings. The van der Waals surface area contributed by atoms with Crippen molar-refractivity contribution in [1.82, 2.24) is 4.90 Å². The summed E-state index contributed by atoms with van der Waals surface area (Å²) in [4.78, 5) is 30.1. The maximum Gasteiger partial charge on any atom is 0.279 e. The van der Waals surface area contributed by atoms with Crippen molar-refractivity contribution in [2.24, 2.45) is 0 Å². The molecule has 0 aromatic heterocycles. The fourth-order valence-corrected chi connectivity index (χ4v) is 4.75. The van der Waals surface area contributed by atoms with Crippen LogP contribution in [-0.2, 0) is 16.0 Å². The van der Waals surface area contributed by atoms with E-state index >= 15 is 0 Å². The summed E-state index contributed by atoms with van der Waals surface area (Å²) in [5.41, 5.74) is 2.10. The molecule has 0 radical (unpaired) electrons. The average Bonchev–Trinajstić information content (AvgIpc) is 2.75. The fourth-order valence-electron chi connectivity index (χ4n) is 4.75. The SMILES string of the molecule is CCc1ccccc1NC(=O)C[NH+]1CC[NH+](CC(=O)N2CCCC[C@H]2CC)CC1. The van der Waals surface area contributed by atoms with Crippen molar-refractivity contribution in [2.45, 2.75) is 52.0 Å². The van der Waals surface area contributed by atoms with Crippen molar-refractivity contribution in [2.75, 3.05) is 51.1 Å². The molecule has 2 aliphatic heterocycles. The number of carbonyl (C=O) groups excluding carboxylic acids is 2. The Hall–Kier alpha value is -1.92. The second-order valence-corrected chi connectivity index (χ2v) is 8.56. The molecule has 160 valence electrons. The van der Waals surface area contributed by atoms with Crippen LogP contribution in [0.1, 0.15) is 45.1 Å². The Labute approximate surface area is 175 Å². The zero-order chi connectivity index (χ0) is 20.6. The zero-order valence-corrected chi connectivity index (χ0v) is 18.1. The Balaban J connectivity index is 1.42. The molecule has 6 heteroatoms. The van der Waals surface area contributed by atoms with E-state index in [1.165, 1.54) is 21.8 Å². The summed E-state index contributed by atoms with van der Waals surface area (Å²) in [6.45, 7) is 10.2. The van der Waals surface area contributed by atoms with E-state index in [0.717, 1.165) is 64.1 Å². The summed E-state index contributed by atoms with van der Waals surface area (Å²) in [5, 5.41) is 3.08. The van der Waals surface area contributed by atoms with E-state index in [2.05, 4.69) is 30.1 Å². The lowest BCUT2D eigenvalue weighted by molar-refractivity contribution is -1.00. The number of amides is 2. The van der Waals surface area contributed by atoms with Gasteiger partial charge in [-0.15, -0.1) is 0 Å². The van der Waals surface area contributed by atoms with Gasteiger partial charge in [0.1, 0.15) is 26.2 Å². The maximum atomic E-state index is 12.8. The van der Waals surface area contributed by atoms with Crippen molar-refractivity contribution >= 4 is 17.5 Å². The minimum atomic E-state index is 0.0829. The van der Waals surface area contributed by atoms with Crippen LogP contribution in [-0.4, -0.2) is 68.6 Å². The van der Waals surface area contributed by atoms with Gasteiger partial charge in [0.05, 0.1) is 0 Å². The number of nitrogens with zero attached hydrogens (tertiary/aromatic N) is 1. The third kappa shape index (κ3) is 6.03. The highest BCUT2D eigenvalue weighted by Gasteiger charge is 2.31. The highest BCUT2D eigenvalue weighted by molar-refractivity contribution is 5.92. The van der Waals surface area contributed by atoms with E-state index in [1.807, 2.05) is 18.2 Å². The summed E-state index contributed by atoms with van der Waals surface area (Å²) in [5.74, 6) is 0.406. The van der Waals surface area contributed by atoms with Gasteiger partial charge in [0.25, 0.3) is 11.8 Å². The van der Waals surface area contributed by atoms with Crippen molar-refractivity contribution in [1.29, 1.82) is 0 Å². The third-order valence-corrected chi connectivity index (χ3v) is 6.57. The maximum absolute atomic E-state index is 12.8. The number of likely N-dealkylation sites (tertiary alicyclic amines) is 1. The summed E-state index contributed by atoms with van der Waals surface area (Å²) in [6.07, 6.45) is 5.53. The first-order valence-corrected chi connectivity index (χ1v) is 11.4. The van der Waals surface area contributed by atoms with Gasteiger partial charge in [-0.05, 0) is 43.7 Å². The number of hydrogen-bond donors (Lipinski definition) is 3. The molecule has 0 saturated carbocycles. The molecule has 1 atom stereocenters. The predicted molar refractivity (Wildman–Crippen MR) is 115 cm³/mol. The second-order valence-electron chi connectivity index (χ2n) is 8.56. The standard InChI is InChI=1S/C23H36N4O2/c1-3-19-9-5-6-11-21(19)24-22(28)17-25-13-15-26(16-14-25)18-23(29)27-12-8-7-10-20(27)4-2/h5-6,9,11,20H,3-4,7-8,10,12-18H2,1-2H3,(H,24,28)/p+2/t20-/m1/s1. The molecule has 0 bridgehead atoms. The lowest BCUT2D eigenvalue weighted by Gasteiger charge is -2.36. The molecule has 2 saturated heterocycles. The van der Waals surface area contributed by atoms with Crippen LogP contribution < -0.4 is 15.1 Å². The van der Waals surface area contributed by atoms with Gasteiger partial charge < -0.3 is 20.0 Å². The number of carbonyl (C=O) groups is 2. The normalized spacial score (nSPS) is 24.9. The van der Waals surface area contributed by atoms with E-state index < -0.39 is 0 Å². The Kier molecular flexibility index (Phi) is 8.07. The summed E-state index contributed by atoms with van der Waals surface area (Å²) >= 11 is 0.